The van der Waals surface area contributed by atoms with Crippen LogP contribution in [0.5, 0.6) is 0 Å². The van der Waals surface area contributed by atoms with Crippen molar-refractivity contribution in [2.24, 2.45) is 5.92 Å². The van der Waals surface area contributed by atoms with Crippen LogP contribution in [-0.2, 0) is 12.8 Å². The predicted octanol–water partition coefficient (Wildman–Crippen LogP) is 2.63. The van der Waals surface area contributed by atoms with E-state index < -0.39 is 0 Å². The van der Waals surface area contributed by atoms with Crippen LogP contribution in [0.3, 0.4) is 0 Å². The average molecular weight is 333 g/mol. The Balaban J connectivity index is 1.90. The van der Waals surface area contributed by atoms with Gasteiger partial charge in [0.25, 0.3) is 0 Å². The van der Waals surface area contributed by atoms with Crippen molar-refractivity contribution in [2.45, 2.75) is 19.3 Å². The third-order valence-electron chi connectivity index (χ3n) is 3.72. The van der Waals surface area contributed by atoms with E-state index >= 15 is 0 Å². The van der Waals surface area contributed by atoms with Crippen LogP contribution in [0, 0.1) is 5.92 Å². The lowest BCUT2D eigenvalue weighted by atomic mass is 9.87. The molecular weight excluding hydrogens is 316 g/mol. The van der Waals surface area contributed by atoms with Gasteiger partial charge in [-0.15, -0.1) is 0 Å². The monoisotopic (exact) mass is 332 g/mol. The van der Waals surface area contributed by atoms with E-state index in [4.69, 9.17) is 4.98 Å². The topological polar surface area (TPSA) is 50.7 Å². The van der Waals surface area contributed by atoms with Crippen LogP contribution >= 0.6 is 15.9 Å². The number of aryl methyl sites for hydroxylation is 1. The third-order valence-corrected chi connectivity index (χ3v) is 4.36. The molecule has 1 unspecified atom stereocenters. The van der Waals surface area contributed by atoms with E-state index in [1.165, 1.54) is 17.7 Å². The van der Waals surface area contributed by atoms with Gasteiger partial charge in [0.2, 0.25) is 0 Å². The van der Waals surface area contributed by atoms with Crippen molar-refractivity contribution in [1.82, 2.24) is 20.3 Å². The van der Waals surface area contributed by atoms with Crippen molar-refractivity contribution in [3.8, 4) is 11.5 Å². The minimum absolute atomic E-state index is 0.698. The Bertz CT molecular complexity index is 615. The Hall–Kier alpha value is -1.33. The fourth-order valence-corrected chi connectivity index (χ4v) is 3.14. The van der Waals surface area contributed by atoms with Gasteiger partial charge in [0.05, 0.1) is 0 Å². The molecule has 1 aliphatic rings. The molecule has 0 spiro atoms. The van der Waals surface area contributed by atoms with Gasteiger partial charge in [-0.2, -0.15) is 0 Å². The van der Waals surface area contributed by atoms with E-state index in [2.05, 4.69) is 31.2 Å². The van der Waals surface area contributed by atoms with Crippen molar-refractivity contribution in [1.29, 1.82) is 0 Å². The molecule has 0 saturated carbocycles. The molecule has 0 aromatic carbocycles. The van der Waals surface area contributed by atoms with Gasteiger partial charge in [0.15, 0.2) is 5.82 Å². The molecule has 1 aliphatic carbocycles. The van der Waals surface area contributed by atoms with Crippen molar-refractivity contribution in [3.05, 3.63) is 40.3 Å². The zero-order chi connectivity index (χ0) is 13.9. The highest BCUT2D eigenvalue weighted by molar-refractivity contribution is 9.10. The number of nitrogens with zero attached hydrogens (tertiary/aromatic N) is 3. The molecule has 5 heteroatoms. The van der Waals surface area contributed by atoms with Crippen molar-refractivity contribution >= 4 is 15.9 Å². The van der Waals surface area contributed by atoms with Crippen LogP contribution in [0.25, 0.3) is 11.5 Å². The lowest BCUT2D eigenvalue weighted by Gasteiger charge is -2.23. The van der Waals surface area contributed by atoms with Gasteiger partial charge in [-0.05, 0) is 72.4 Å². The second-order valence-corrected chi connectivity index (χ2v) is 6.02. The zero-order valence-electron chi connectivity index (χ0n) is 11.4. The Kier molecular flexibility index (Phi) is 4.08. The normalized spacial score (nSPS) is 17.8. The highest BCUT2D eigenvalue weighted by atomic mass is 79.9. The molecule has 3 rings (SSSR count). The summed E-state index contributed by atoms with van der Waals surface area (Å²) in [5, 5.41) is 3.26. The van der Waals surface area contributed by atoms with Crippen molar-refractivity contribution < 1.29 is 0 Å². The molecule has 2 heterocycles. The predicted molar refractivity (Wildman–Crippen MR) is 82.4 cm³/mol. The highest BCUT2D eigenvalue weighted by Gasteiger charge is 2.20. The summed E-state index contributed by atoms with van der Waals surface area (Å²) in [6.07, 6.45) is 7.03. The molecule has 1 N–H and O–H groups in total. The summed E-state index contributed by atoms with van der Waals surface area (Å²) in [4.78, 5) is 13.6. The van der Waals surface area contributed by atoms with E-state index in [1.807, 2.05) is 25.4 Å². The first-order valence-corrected chi connectivity index (χ1v) is 7.67. The maximum atomic E-state index is 4.71. The van der Waals surface area contributed by atoms with Crippen LogP contribution in [0.4, 0.5) is 0 Å². The first-order valence-electron chi connectivity index (χ1n) is 6.88. The summed E-state index contributed by atoms with van der Waals surface area (Å²) in [6, 6.07) is 3.86. The summed E-state index contributed by atoms with van der Waals surface area (Å²) < 4.78 is 0.934. The summed E-state index contributed by atoms with van der Waals surface area (Å²) in [7, 11) is 2.01. The number of rotatable bonds is 3. The summed E-state index contributed by atoms with van der Waals surface area (Å²) in [6.45, 7) is 1.06. The molecular formula is C15H17BrN4. The van der Waals surface area contributed by atoms with E-state index in [9.17, 15) is 0 Å². The molecule has 20 heavy (non-hydrogen) atoms. The molecule has 4 nitrogen and oxygen atoms in total. The number of nitrogens with one attached hydrogen (secondary N) is 1. The van der Waals surface area contributed by atoms with E-state index in [0.717, 1.165) is 29.6 Å². The number of halogens is 1. The van der Waals surface area contributed by atoms with Gasteiger partial charge in [-0.25, -0.2) is 9.97 Å². The highest BCUT2D eigenvalue weighted by Crippen LogP contribution is 2.27. The van der Waals surface area contributed by atoms with E-state index in [0.29, 0.717) is 11.7 Å². The molecule has 0 aliphatic heterocycles. The maximum absolute atomic E-state index is 4.71. The molecule has 0 fully saturated rings. The molecule has 1 atom stereocenters. The van der Waals surface area contributed by atoms with Gasteiger partial charge in [0, 0.05) is 22.6 Å². The van der Waals surface area contributed by atoms with Gasteiger partial charge in [-0.1, -0.05) is 0 Å². The van der Waals surface area contributed by atoms with Crippen LogP contribution in [0.1, 0.15) is 17.7 Å². The average Bonchev–Trinajstić information content (AvgIpc) is 2.48. The SMILES string of the molecule is CNCC1CCc2nc(-c3ncccc3Br)ncc2C1. The fourth-order valence-electron chi connectivity index (χ4n) is 2.71. The smallest absolute Gasteiger partial charge is 0.179 e. The second-order valence-electron chi connectivity index (χ2n) is 5.17. The third kappa shape index (κ3) is 2.74. The first kappa shape index (κ1) is 13.6. The van der Waals surface area contributed by atoms with E-state index in [1.54, 1.807) is 6.20 Å². The standard InChI is InChI=1S/C15H17BrN4/c1-17-8-10-4-5-13-11(7-10)9-19-15(20-13)14-12(16)3-2-6-18-14/h2-3,6,9-10,17H,4-5,7-8H2,1H3. The molecule has 2 aromatic heterocycles. The minimum atomic E-state index is 0.698. The number of fused-ring (bicyclic) bond motifs is 1. The lowest BCUT2D eigenvalue weighted by Crippen LogP contribution is -2.25. The van der Waals surface area contributed by atoms with Crippen molar-refractivity contribution in [3.63, 3.8) is 0 Å². The molecule has 0 amide bonds. The van der Waals surface area contributed by atoms with Gasteiger partial charge in [-0.3, -0.25) is 4.98 Å². The molecule has 104 valence electrons. The summed E-state index contributed by atoms with van der Waals surface area (Å²) in [5.74, 6) is 1.41. The quantitative estimate of drug-likeness (QED) is 0.938. The van der Waals surface area contributed by atoms with Crippen molar-refractivity contribution in [2.75, 3.05) is 13.6 Å². The lowest BCUT2D eigenvalue weighted by molar-refractivity contribution is 0.434. The van der Waals surface area contributed by atoms with Gasteiger partial charge < -0.3 is 5.32 Å². The van der Waals surface area contributed by atoms with Crippen LogP contribution in [0.15, 0.2) is 29.0 Å². The number of hydrogen-bond donors (Lipinski definition) is 1. The van der Waals surface area contributed by atoms with Gasteiger partial charge >= 0.3 is 0 Å². The zero-order valence-corrected chi connectivity index (χ0v) is 13.0. The number of aromatic nitrogens is 3. The number of pyridine rings is 1. The largest absolute Gasteiger partial charge is 0.319 e. The Morgan fingerprint density at radius 1 is 1.40 bits per heavy atom. The van der Waals surface area contributed by atoms with Crippen LogP contribution in [0.2, 0.25) is 0 Å². The maximum Gasteiger partial charge on any atom is 0.179 e. The van der Waals surface area contributed by atoms with Crippen LogP contribution < -0.4 is 5.32 Å². The van der Waals surface area contributed by atoms with E-state index in [-0.39, 0.29) is 0 Å². The Morgan fingerprint density at radius 3 is 3.10 bits per heavy atom. The van der Waals surface area contributed by atoms with Gasteiger partial charge in [0.1, 0.15) is 5.69 Å². The molecule has 0 bridgehead atoms. The Labute approximate surface area is 127 Å². The minimum Gasteiger partial charge on any atom is -0.319 e. The molecule has 0 saturated heterocycles. The molecule has 2 aromatic rings. The first-order chi connectivity index (χ1) is 9.78. The second kappa shape index (κ2) is 5.97. The summed E-state index contributed by atoms with van der Waals surface area (Å²) >= 11 is 3.51. The molecule has 0 radical (unpaired) electrons. The number of hydrogen-bond acceptors (Lipinski definition) is 4. The Morgan fingerprint density at radius 2 is 2.30 bits per heavy atom. The van der Waals surface area contributed by atoms with Crippen LogP contribution in [-0.4, -0.2) is 28.5 Å². The summed E-state index contributed by atoms with van der Waals surface area (Å²) in [5.41, 5.74) is 3.28. The fraction of sp³-hybridized carbons (Fsp3) is 0.400.